The van der Waals surface area contributed by atoms with Gasteiger partial charge in [0, 0.05) is 5.56 Å². The van der Waals surface area contributed by atoms with E-state index >= 15 is 0 Å². The van der Waals surface area contributed by atoms with Crippen molar-refractivity contribution >= 4 is 0 Å². The maximum Gasteiger partial charge on any atom is 0.200 e. The highest BCUT2D eigenvalue weighted by Crippen LogP contribution is 2.48. The zero-order valence-corrected chi connectivity index (χ0v) is 21.8. The zero-order valence-electron chi connectivity index (χ0n) is 21.8. The van der Waals surface area contributed by atoms with Crippen LogP contribution in [0.4, 0.5) is 17.6 Å². The first kappa shape index (κ1) is 27.7. The fourth-order valence-electron chi connectivity index (χ4n) is 6.22. The molecule has 2 saturated carbocycles. The molecule has 2 aromatic carbocycles. The van der Waals surface area contributed by atoms with Crippen LogP contribution in [0.2, 0.25) is 0 Å². The molecule has 0 unspecified atom stereocenters. The normalized spacial score (nSPS) is 26.2. The van der Waals surface area contributed by atoms with E-state index in [0.717, 1.165) is 38.5 Å². The third-order valence-electron chi connectivity index (χ3n) is 8.42. The first-order chi connectivity index (χ1) is 17.8. The third-order valence-corrected chi connectivity index (χ3v) is 8.42. The van der Waals surface area contributed by atoms with Gasteiger partial charge in [-0.25, -0.2) is 8.78 Å². The number of halogens is 4. The minimum atomic E-state index is -1.40. The van der Waals surface area contributed by atoms with Crippen LogP contribution in [0.3, 0.4) is 0 Å². The molecule has 3 nitrogen and oxygen atoms in total. The molecular weight excluding hydrogens is 484 g/mol. The van der Waals surface area contributed by atoms with Gasteiger partial charge < -0.3 is 14.6 Å². The van der Waals surface area contributed by atoms with Crippen molar-refractivity contribution in [2.75, 3.05) is 13.2 Å². The van der Waals surface area contributed by atoms with Crippen LogP contribution in [-0.4, -0.2) is 18.3 Å². The summed E-state index contributed by atoms with van der Waals surface area (Å²) in [6.07, 6.45) is 7.21. The molecule has 0 saturated heterocycles. The number of hydrogen-bond acceptors (Lipinski definition) is 3. The van der Waals surface area contributed by atoms with Crippen molar-refractivity contribution in [2.24, 2.45) is 11.8 Å². The van der Waals surface area contributed by atoms with Gasteiger partial charge in [0.05, 0.1) is 18.8 Å². The highest BCUT2D eigenvalue weighted by atomic mass is 19.2. The molecule has 0 heterocycles. The third kappa shape index (κ3) is 5.92. The standard InChI is InChI=1S/C30H38F4O3/c1-3-5-18-37-25-12-10-22(26(31)28(25)33)21-8-6-19(7-9-21)20-14-16-30(35,17-15-20)23-11-13-24(36-4-2)29(34)27(23)32/h10-13,19-21,35H,3-9,14-18H2,1-2H3. The SMILES string of the molecule is CCCCOc1ccc(C2CCC(C3CCC(O)(c4ccc(OCC)c(F)c4F)CC3)CC2)c(F)c1F. The minimum Gasteiger partial charge on any atom is -0.491 e. The summed E-state index contributed by atoms with van der Waals surface area (Å²) in [4.78, 5) is 0. The molecule has 0 amide bonds. The molecule has 2 aromatic rings. The summed E-state index contributed by atoms with van der Waals surface area (Å²) in [6.45, 7) is 4.30. The molecule has 0 radical (unpaired) electrons. The van der Waals surface area contributed by atoms with Gasteiger partial charge in [-0.05, 0) is 106 Å². The van der Waals surface area contributed by atoms with Gasteiger partial charge in [-0.1, -0.05) is 19.4 Å². The van der Waals surface area contributed by atoms with Gasteiger partial charge in [0.15, 0.2) is 23.1 Å². The summed E-state index contributed by atoms with van der Waals surface area (Å²) in [5.41, 5.74) is -0.981. The summed E-state index contributed by atoms with van der Waals surface area (Å²) in [7, 11) is 0. The number of ether oxygens (including phenoxy) is 2. The quantitative estimate of drug-likeness (QED) is 0.267. The van der Waals surface area contributed by atoms with E-state index in [0.29, 0.717) is 49.7 Å². The molecule has 4 rings (SSSR count). The Morgan fingerprint density at radius 1 is 0.757 bits per heavy atom. The van der Waals surface area contributed by atoms with Crippen LogP contribution in [0.1, 0.15) is 95.1 Å². The average molecular weight is 523 g/mol. The molecule has 0 bridgehead atoms. The van der Waals surface area contributed by atoms with Crippen molar-refractivity contribution in [3.63, 3.8) is 0 Å². The lowest BCUT2D eigenvalue weighted by molar-refractivity contribution is -0.0283. The fourth-order valence-corrected chi connectivity index (χ4v) is 6.22. The monoisotopic (exact) mass is 522 g/mol. The van der Waals surface area contributed by atoms with Crippen LogP contribution in [-0.2, 0) is 5.60 Å². The van der Waals surface area contributed by atoms with Crippen LogP contribution < -0.4 is 9.47 Å². The Morgan fingerprint density at radius 2 is 1.35 bits per heavy atom. The highest BCUT2D eigenvalue weighted by Gasteiger charge is 2.41. The second-order valence-electron chi connectivity index (χ2n) is 10.6. The number of benzene rings is 2. The Labute approximate surface area is 217 Å². The van der Waals surface area contributed by atoms with Crippen LogP contribution in [0.15, 0.2) is 24.3 Å². The smallest absolute Gasteiger partial charge is 0.200 e. The van der Waals surface area contributed by atoms with E-state index in [4.69, 9.17) is 9.47 Å². The lowest BCUT2D eigenvalue weighted by Crippen LogP contribution is -2.35. The van der Waals surface area contributed by atoms with E-state index < -0.39 is 28.9 Å². The number of rotatable bonds is 9. The molecule has 2 aliphatic carbocycles. The predicted molar refractivity (Wildman–Crippen MR) is 135 cm³/mol. The van der Waals surface area contributed by atoms with Gasteiger partial charge in [-0.3, -0.25) is 0 Å². The summed E-state index contributed by atoms with van der Waals surface area (Å²) in [5.74, 6) is -3.21. The predicted octanol–water partition coefficient (Wildman–Crippen LogP) is 8.17. The van der Waals surface area contributed by atoms with Crippen molar-refractivity contribution in [3.8, 4) is 11.5 Å². The fraction of sp³-hybridized carbons (Fsp3) is 0.600. The summed E-state index contributed by atoms with van der Waals surface area (Å²) in [5, 5.41) is 11.2. The van der Waals surface area contributed by atoms with E-state index in [-0.39, 0.29) is 29.6 Å². The maximum atomic E-state index is 14.8. The summed E-state index contributed by atoms with van der Waals surface area (Å²) >= 11 is 0. The topological polar surface area (TPSA) is 38.7 Å². The lowest BCUT2D eigenvalue weighted by Gasteiger charge is -2.41. The Morgan fingerprint density at radius 3 is 2.00 bits per heavy atom. The van der Waals surface area contributed by atoms with Crippen molar-refractivity contribution in [1.82, 2.24) is 0 Å². The van der Waals surface area contributed by atoms with Crippen molar-refractivity contribution in [1.29, 1.82) is 0 Å². The van der Waals surface area contributed by atoms with Crippen molar-refractivity contribution < 1.29 is 32.1 Å². The van der Waals surface area contributed by atoms with Crippen molar-refractivity contribution in [2.45, 2.75) is 89.6 Å². The van der Waals surface area contributed by atoms with E-state index in [2.05, 4.69) is 0 Å². The molecule has 7 heteroatoms. The molecule has 2 aliphatic rings. The Hall–Kier alpha value is -2.28. The lowest BCUT2D eigenvalue weighted by atomic mass is 9.66. The van der Waals surface area contributed by atoms with Crippen LogP contribution >= 0.6 is 0 Å². The molecule has 1 N–H and O–H groups in total. The number of hydrogen-bond donors (Lipinski definition) is 1. The highest BCUT2D eigenvalue weighted by molar-refractivity contribution is 5.35. The van der Waals surface area contributed by atoms with Crippen LogP contribution in [0.5, 0.6) is 11.5 Å². The Balaban J connectivity index is 1.34. The molecule has 0 spiro atoms. The molecule has 0 aromatic heterocycles. The Bertz CT molecular complexity index is 1060. The Kier molecular flexibility index (Phi) is 9.04. The van der Waals surface area contributed by atoms with Crippen molar-refractivity contribution in [3.05, 3.63) is 58.7 Å². The molecular formula is C30H38F4O3. The first-order valence-corrected chi connectivity index (χ1v) is 13.7. The molecule has 0 aliphatic heterocycles. The summed E-state index contributed by atoms with van der Waals surface area (Å²) in [6, 6.07) is 6.02. The van der Waals surface area contributed by atoms with Gasteiger partial charge in [-0.15, -0.1) is 0 Å². The first-order valence-electron chi connectivity index (χ1n) is 13.7. The number of aliphatic hydroxyl groups is 1. The molecule has 204 valence electrons. The zero-order chi connectivity index (χ0) is 26.6. The molecule has 2 fully saturated rings. The number of unbranched alkanes of at least 4 members (excludes halogenated alkanes) is 1. The van der Waals surface area contributed by atoms with Gasteiger partial charge in [0.1, 0.15) is 0 Å². The largest absolute Gasteiger partial charge is 0.491 e. The maximum absolute atomic E-state index is 14.8. The van der Waals surface area contributed by atoms with Crippen LogP contribution in [0, 0.1) is 35.1 Å². The van der Waals surface area contributed by atoms with E-state index in [1.54, 1.807) is 19.1 Å². The van der Waals surface area contributed by atoms with E-state index in [9.17, 15) is 22.7 Å². The summed E-state index contributed by atoms with van der Waals surface area (Å²) < 4.78 is 69.1. The second-order valence-corrected chi connectivity index (χ2v) is 10.6. The van der Waals surface area contributed by atoms with Gasteiger partial charge in [-0.2, -0.15) is 8.78 Å². The second kappa shape index (κ2) is 12.1. The van der Waals surface area contributed by atoms with Gasteiger partial charge in [0.25, 0.3) is 0 Å². The molecule has 0 atom stereocenters. The van der Waals surface area contributed by atoms with Gasteiger partial charge in [0.2, 0.25) is 11.6 Å². The average Bonchev–Trinajstić information content (AvgIpc) is 2.90. The minimum absolute atomic E-state index is 0.00441. The van der Waals surface area contributed by atoms with E-state index in [1.165, 1.54) is 12.1 Å². The van der Waals surface area contributed by atoms with E-state index in [1.807, 2.05) is 6.92 Å². The van der Waals surface area contributed by atoms with Gasteiger partial charge >= 0.3 is 0 Å². The van der Waals surface area contributed by atoms with Crippen LogP contribution in [0.25, 0.3) is 0 Å². The molecule has 37 heavy (non-hydrogen) atoms.